The molecule has 2 heterocycles. The van der Waals surface area contributed by atoms with Gasteiger partial charge in [0.25, 0.3) is 5.91 Å². The van der Waals surface area contributed by atoms with E-state index in [9.17, 15) is 4.79 Å². The van der Waals surface area contributed by atoms with Gasteiger partial charge in [-0.3, -0.25) is 9.36 Å². The van der Waals surface area contributed by atoms with Crippen LogP contribution in [0.2, 0.25) is 0 Å². The molecule has 0 spiro atoms. The Balaban J connectivity index is 1.94. The molecular weight excluding hydrogens is 260 g/mol. The summed E-state index contributed by atoms with van der Waals surface area (Å²) in [5.74, 6) is 2.12. The van der Waals surface area contributed by atoms with Crippen molar-refractivity contribution in [2.45, 2.75) is 0 Å². The molecule has 1 aliphatic heterocycles. The summed E-state index contributed by atoms with van der Waals surface area (Å²) in [7, 11) is 0. The highest BCUT2D eigenvalue weighted by Gasteiger charge is 2.21. The molecule has 0 unspecified atom stereocenters. The minimum Gasteiger partial charge on any atom is -0.337 e. The monoisotopic (exact) mass is 274 g/mol. The van der Waals surface area contributed by atoms with E-state index in [1.54, 1.807) is 17.2 Å². The van der Waals surface area contributed by atoms with Crippen molar-refractivity contribution in [3.63, 3.8) is 0 Å². The lowest BCUT2D eigenvalue weighted by Gasteiger charge is -2.27. The Bertz CT molecular complexity index is 564. The van der Waals surface area contributed by atoms with Crippen molar-refractivity contribution in [2.75, 3.05) is 24.6 Å². The predicted molar refractivity (Wildman–Crippen MR) is 74.6 cm³/mol. The van der Waals surface area contributed by atoms with Gasteiger partial charge in [-0.2, -0.15) is 11.8 Å². The number of thioether (sulfide) groups is 1. The fourth-order valence-corrected chi connectivity index (χ4v) is 3.04. The van der Waals surface area contributed by atoms with Gasteiger partial charge in [0.1, 0.15) is 12.7 Å². The summed E-state index contributed by atoms with van der Waals surface area (Å²) in [5.41, 5.74) is 1.53. The van der Waals surface area contributed by atoms with Crippen LogP contribution >= 0.6 is 11.8 Å². The highest BCUT2D eigenvalue weighted by molar-refractivity contribution is 7.99. The Hall–Kier alpha value is -1.82. The number of carbonyl (C=O) groups excluding carboxylic acids is 1. The molecule has 5 nitrogen and oxygen atoms in total. The van der Waals surface area contributed by atoms with Gasteiger partial charge in [-0.25, -0.2) is 0 Å². The van der Waals surface area contributed by atoms with Crippen LogP contribution in [-0.2, 0) is 0 Å². The molecule has 1 fully saturated rings. The first kappa shape index (κ1) is 12.2. The predicted octanol–water partition coefficient (Wildman–Crippen LogP) is 1.46. The Labute approximate surface area is 115 Å². The van der Waals surface area contributed by atoms with E-state index >= 15 is 0 Å². The average Bonchev–Trinajstić information content (AvgIpc) is 3.01. The van der Waals surface area contributed by atoms with Gasteiger partial charge in [0.2, 0.25) is 0 Å². The zero-order valence-corrected chi connectivity index (χ0v) is 11.2. The summed E-state index contributed by atoms with van der Waals surface area (Å²) in [6.07, 6.45) is 3.22. The fourth-order valence-electron chi connectivity index (χ4n) is 2.14. The SMILES string of the molecule is O=C(c1ccccc1-n1cnnc1)N1CCSCC1. The number of nitrogens with zero attached hydrogens (tertiary/aromatic N) is 4. The van der Waals surface area contributed by atoms with E-state index in [1.807, 2.05) is 40.9 Å². The second-order valence-electron chi connectivity index (χ2n) is 4.29. The Morgan fingerprint density at radius 1 is 1.11 bits per heavy atom. The van der Waals surface area contributed by atoms with Crippen LogP contribution in [0.4, 0.5) is 0 Å². The number of hydrogen-bond donors (Lipinski definition) is 0. The molecule has 1 aromatic carbocycles. The summed E-state index contributed by atoms with van der Waals surface area (Å²) >= 11 is 1.89. The summed E-state index contributed by atoms with van der Waals surface area (Å²) in [4.78, 5) is 14.5. The molecule has 0 aliphatic carbocycles. The quantitative estimate of drug-likeness (QED) is 0.832. The molecule has 19 heavy (non-hydrogen) atoms. The van der Waals surface area contributed by atoms with Crippen LogP contribution in [0.3, 0.4) is 0 Å². The van der Waals surface area contributed by atoms with Crippen LogP contribution < -0.4 is 0 Å². The van der Waals surface area contributed by atoms with Gasteiger partial charge in [-0.15, -0.1) is 10.2 Å². The normalized spacial score (nSPS) is 15.5. The molecule has 98 valence electrons. The second-order valence-corrected chi connectivity index (χ2v) is 5.52. The molecule has 6 heteroatoms. The van der Waals surface area contributed by atoms with Gasteiger partial charge in [-0.1, -0.05) is 12.1 Å². The molecule has 0 N–H and O–H groups in total. The largest absolute Gasteiger partial charge is 0.337 e. The van der Waals surface area contributed by atoms with Crippen LogP contribution in [0.25, 0.3) is 5.69 Å². The van der Waals surface area contributed by atoms with Crippen LogP contribution in [0.5, 0.6) is 0 Å². The van der Waals surface area contributed by atoms with Crippen LogP contribution in [0, 0.1) is 0 Å². The Kier molecular flexibility index (Phi) is 3.50. The maximum absolute atomic E-state index is 12.6. The number of carbonyl (C=O) groups is 1. The maximum atomic E-state index is 12.6. The zero-order chi connectivity index (χ0) is 13.1. The summed E-state index contributed by atoms with van der Waals surface area (Å²) in [5, 5.41) is 7.59. The standard InChI is InChI=1S/C13H14N4OS/c18-13(16-5-7-19-8-6-16)11-3-1-2-4-12(11)17-9-14-15-10-17/h1-4,9-10H,5-8H2. The van der Waals surface area contributed by atoms with Gasteiger partial charge in [0.15, 0.2) is 0 Å². The number of hydrogen-bond acceptors (Lipinski definition) is 4. The number of amides is 1. The third kappa shape index (κ3) is 2.49. The van der Waals surface area contributed by atoms with Crippen LogP contribution in [-0.4, -0.2) is 50.2 Å². The first-order valence-electron chi connectivity index (χ1n) is 6.17. The third-order valence-corrected chi connectivity index (χ3v) is 4.07. The molecular formula is C13H14N4OS. The van der Waals surface area contributed by atoms with Gasteiger partial charge < -0.3 is 4.90 Å². The van der Waals surface area contributed by atoms with Gasteiger partial charge in [0.05, 0.1) is 11.3 Å². The molecule has 3 rings (SSSR count). The van der Waals surface area contributed by atoms with Crippen LogP contribution in [0.1, 0.15) is 10.4 Å². The van der Waals surface area contributed by atoms with Crippen molar-refractivity contribution < 1.29 is 4.79 Å². The Morgan fingerprint density at radius 3 is 2.53 bits per heavy atom. The highest BCUT2D eigenvalue weighted by Crippen LogP contribution is 2.18. The molecule has 1 saturated heterocycles. The number of rotatable bonds is 2. The van der Waals surface area contributed by atoms with Crippen LogP contribution in [0.15, 0.2) is 36.9 Å². The van der Waals surface area contributed by atoms with Crippen molar-refractivity contribution in [3.05, 3.63) is 42.5 Å². The smallest absolute Gasteiger partial charge is 0.256 e. The summed E-state index contributed by atoms with van der Waals surface area (Å²) in [6.45, 7) is 1.64. The lowest BCUT2D eigenvalue weighted by atomic mass is 10.1. The van der Waals surface area contributed by atoms with E-state index in [1.165, 1.54) is 0 Å². The molecule has 0 bridgehead atoms. The summed E-state index contributed by atoms with van der Waals surface area (Å²) < 4.78 is 1.77. The molecule has 1 amide bonds. The number of benzene rings is 1. The number of para-hydroxylation sites is 1. The van der Waals surface area contributed by atoms with Crippen molar-refractivity contribution in [1.82, 2.24) is 19.7 Å². The first-order valence-corrected chi connectivity index (χ1v) is 7.33. The van der Waals surface area contributed by atoms with Gasteiger partial charge >= 0.3 is 0 Å². The van der Waals surface area contributed by atoms with Crippen molar-refractivity contribution >= 4 is 17.7 Å². The molecule has 1 aromatic heterocycles. The minimum absolute atomic E-state index is 0.0876. The lowest BCUT2D eigenvalue weighted by molar-refractivity contribution is 0.0772. The number of aromatic nitrogens is 3. The zero-order valence-electron chi connectivity index (χ0n) is 10.4. The molecule has 0 saturated carbocycles. The Morgan fingerprint density at radius 2 is 1.79 bits per heavy atom. The summed E-state index contributed by atoms with van der Waals surface area (Å²) in [6, 6.07) is 7.58. The van der Waals surface area contributed by atoms with E-state index in [2.05, 4.69) is 10.2 Å². The maximum Gasteiger partial charge on any atom is 0.256 e. The highest BCUT2D eigenvalue weighted by atomic mass is 32.2. The third-order valence-electron chi connectivity index (χ3n) is 3.13. The van der Waals surface area contributed by atoms with Crippen molar-refractivity contribution in [3.8, 4) is 5.69 Å². The van der Waals surface area contributed by atoms with Crippen molar-refractivity contribution in [2.24, 2.45) is 0 Å². The minimum atomic E-state index is 0.0876. The van der Waals surface area contributed by atoms with Gasteiger partial charge in [0, 0.05) is 24.6 Å². The van der Waals surface area contributed by atoms with E-state index in [-0.39, 0.29) is 5.91 Å². The van der Waals surface area contributed by atoms with Crippen molar-refractivity contribution in [1.29, 1.82) is 0 Å². The lowest BCUT2D eigenvalue weighted by Crippen LogP contribution is -2.38. The molecule has 2 aromatic rings. The van der Waals surface area contributed by atoms with E-state index in [4.69, 9.17) is 0 Å². The topological polar surface area (TPSA) is 51.0 Å². The molecule has 1 aliphatic rings. The van der Waals surface area contributed by atoms with E-state index < -0.39 is 0 Å². The molecule has 0 atom stereocenters. The van der Waals surface area contributed by atoms with E-state index in [0.717, 1.165) is 30.3 Å². The second kappa shape index (κ2) is 5.44. The first-order chi connectivity index (χ1) is 9.36. The molecule has 0 radical (unpaired) electrons. The van der Waals surface area contributed by atoms with Gasteiger partial charge in [-0.05, 0) is 12.1 Å². The van der Waals surface area contributed by atoms with E-state index in [0.29, 0.717) is 5.56 Å². The fraction of sp³-hybridized carbons (Fsp3) is 0.308. The average molecular weight is 274 g/mol.